The van der Waals surface area contributed by atoms with Gasteiger partial charge in [-0.05, 0) is 86.7 Å². The summed E-state index contributed by atoms with van der Waals surface area (Å²) in [6, 6.07) is 11.4. The summed E-state index contributed by atoms with van der Waals surface area (Å²) in [5, 5.41) is 11.9. The first kappa shape index (κ1) is 26.3. The zero-order chi connectivity index (χ0) is 27.1. The van der Waals surface area contributed by atoms with Gasteiger partial charge in [0, 0.05) is 61.5 Å². The number of piperidine rings is 1. The summed E-state index contributed by atoms with van der Waals surface area (Å²) >= 11 is 0. The predicted octanol–water partition coefficient (Wildman–Crippen LogP) is 4.28. The average molecular weight is 536 g/mol. The molecule has 0 radical (unpaired) electrons. The van der Waals surface area contributed by atoms with Crippen LogP contribution in [-0.4, -0.2) is 78.5 Å². The molecule has 2 aromatic carbocycles. The van der Waals surface area contributed by atoms with Crippen molar-refractivity contribution < 1.29 is 23.8 Å². The number of aromatic nitrogens is 1. The molecule has 3 aromatic rings. The molecule has 3 aliphatic heterocycles. The number of carbonyl (C=O) groups is 1. The maximum atomic E-state index is 13.9. The Hall–Kier alpha value is -2.94. The number of hydrogen-bond acceptors (Lipinski definition) is 5. The van der Waals surface area contributed by atoms with E-state index in [1.54, 1.807) is 7.11 Å². The first-order chi connectivity index (χ1) is 18.9. The molecular weight excluding hydrogens is 497 g/mol. The molecule has 7 nitrogen and oxygen atoms in total. The number of hydrogen-bond donors (Lipinski definition) is 1. The summed E-state index contributed by atoms with van der Waals surface area (Å²) < 4.78 is 26.9. The Kier molecular flexibility index (Phi) is 7.12. The third kappa shape index (κ3) is 4.62. The molecule has 39 heavy (non-hydrogen) atoms. The van der Waals surface area contributed by atoms with Crippen molar-refractivity contribution in [3.8, 4) is 5.75 Å². The molecular formula is C31H38FN3O4. The molecule has 6 rings (SSSR count). The molecule has 0 bridgehead atoms. The van der Waals surface area contributed by atoms with E-state index in [0.717, 1.165) is 75.5 Å². The summed E-state index contributed by atoms with van der Waals surface area (Å²) in [5.74, 6) is 0.907. The van der Waals surface area contributed by atoms with Gasteiger partial charge in [0.25, 0.3) is 5.91 Å². The van der Waals surface area contributed by atoms with E-state index < -0.39 is 6.04 Å². The summed E-state index contributed by atoms with van der Waals surface area (Å²) in [4.78, 5) is 18.3. The molecule has 1 aromatic heterocycles. The Balaban J connectivity index is 1.41. The van der Waals surface area contributed by atoms with Gasteiger partial charge in [-0.2, -0.15) is 0 Å². The number of aliphatic hydroxyl groups excluding tert-OH is 1. The second-order valence-electron chi connectivity index (χ2n) is 11.5. The maximum absolute atomic E-state index is 13.9. The van der Waals surface area contributed by atoms with Crippen molar-refractivity contribution in [1.29, 1.82) is 0 Å². The van der Waals surface area contributed by atoms with Crippen LogP contribution in [0.4, 0.5) is 4.39 Å². The number of aliphatic hydroxyl groups is 1. The van der Waals surface area contributed by atoms with Crippen molar-refractivity contribution >= 4 is 16.8 Å². The Bertz CT molecular complexity index is 1340. The van der Waals surface area contributed by atoms with Crippen LogP contribution in [0.25, 0.3) is 10.9 Å². The van der Waals surface area contributed by atoms with Crippen LogP contribution in [0.5, 0.6) is 5.75 Å². The normalized spacial score (nSPS) is 21.8. The lowest BCUT2D eigenvalue weighted by Gasteiger charge is -2.51. The van der Waals surface area contributed by atoms with Crippen molar-refractivity contribution in [3.63, 3.8) is 0 Å². The van der Waals surface area contributed by atoms with Gasteiger partial charge >= 0.3 is 0 Å². The van der Waals surface area contributed by atoms with Crippen LogP contribution in [0.1, 0.15) is 53.3 Å². The van der Waals surface area contributed by atoms with Gasteiger partial charge in [0.2, 0.25) is 0 Å². The summed E-state index contributed by atoms with van der Waals surface area (Å²) in [6.45, 7) is 5.07. The Morgan fingerprint density at radius 2 is 1.85 bits per heavy atom. The summed E-state index contributed by atoms with van der Waals surface area (Å²) in [6.07, 6.45) is 4.10. The van der Waals surface area contributed by atoms with Crippen molar-refractivity contribution in [2.45, 2.75) is 37.1 Å². The zero-order valence-electron chi connectivity index (χ0n) is 22.9. The van der Waals surface area contributed by atoms with E-state index in [0.29, 0.717) is 18.0 Å². The molecule has 3 aliphatic rings. The largest absolute Gasteiger partial charge is 0.497 e. The van der Waals surface area contributed by atoms with E-state index in [-0.39, 0.29) is 23.7 Å². The minimum absolute atomic E-state index is 0.174. The highest BCUT2D eigenvalue weighted by Gasteiger charge is 2.49. The van der Waals surface area contributed by atoms with E-state index in [1.807, 2.05) is 24.1 Å². The number of ether oxygens (including phenoxy) is 2. The molecule has 2 fully saturated rings. The fraction of sp³-hybridized carbons (Fsp3) is 0.516. The van der Waals surface area contributed by atoms with Gasteiger partial charge in [-0.25, -0.2) is 4.39 Å². The van der Waals surface area contributed by atoms with Gasteiger partial charge in [-0.15, -0.1) is 0 Å². The first-order valence-corrected chi connectivity index (χ1v) is 14.1. The Labute approximate surface area is 229 Å². The van der Waals surface area contributed by atoms with E-state index in [4.69, 9.17) is 9.47 Å². The number of nitrogens with zero attached hydrogens (tertiary/aromatic N) is 3. The van der Waals surface area contributed by atoms with E-state index in [1.165, 1.54) is 35.2 Å². The Morgan fingerprint density at radius 3 is 2.51 bits per heavy atom. The van der Waals surface area contributed by atoms with Crippen LogP contribution in [-0.2, 0) is 17.2 Å². The number of benzene rings is 2. The van der Waals surface area contributed by atoms with E-state index in [9.17, 15) is 14.3 Å². The number of aryl methyl sites for hydroxylation is 1. The maximum Gasteiger partial charge on any atom is 0.254 e. The molecule has 1 amide bonds. The number of fused-ring (bicyclic) bond motifs is 4. The fourth-order valence-electron chi connectivity index (χ4n) is 7.20. The fourth-order valence-corrected chi connectivity index (χ4v) is 7.20. The van der Waals surface area contributed by atoms with Crippen LogP contribution < -0.4 is 4.74 Å². The lowest BCUT2D eigenvalue weighted by atomic mass is 9.68. The predicted molar refractivity (Wildman–Crippen MR) is 148 cm³/mol. The van der Waals surface area contributed by atoms with Crippen molar-refractivity contribution in [3.05, 3.63) is 65.1 Å². The molecule has 0 aliphatic carbocycles. The lowest BCUT2D eigenvalue weighted by molar-refractivity contribution is 0.0244. The molecule has 1 atom stereocenters. The molecule has 4 heterocycles. The number of likely N-dealkylation sites (tertiary alicyclic amines) is 1. The van der Waals surface area contributed by atoms with Crippen LogP contribution in [0.3, 0.4) is 0 Å². The molecule has 0 unspecified atom stereocenters. The number of halogens is 1. The zero-order valence-corrected chi connectivity index (χ0v) is 22.9. The van der Waals surface area contributed by atoms with Crippen LogP contribution in [0.15, 0.2) is 42.5 Å². The van der Waals surface area contributed by atoms with Gasteiger partial charge < -0.3 is 28.9 Å². The topological polar surface area (TPSA) is 67.2 Å². The molecule has 0 saturated carbocycles. The van der Waals surface area contributed by atoms with Gasteiger partial charge in [0.15, 0.2) is 0 Å². The number of amides is 1. The average Bonchev–Trinajstić information content (AvgIpc) is 3.27. The monoisotopic (exact) mass is 535 g/mol. The third-order valence-corrected chi connectivity index (χ3v) is 9.34. The number of carbonyl (C=O) groups excluding carboxylic acids is 1. The van der Waals surface area contributed by atoms with Gasteiger partial charge in [0.05, 0.1) is 25.3 Å². The van der Waals surface area contributed by atoms with Gasteiger partial charge in [-0.3, -0.25) is 4.79 Å². The van der Waals surface area contributed by atoms with Crippen molar-refractivity contribution in [2.24, 2.45) is 13.0 Å². The minimum atomic E-state index is -0.494. The molecule has 208 valence electrons. The van der Waals surface area contributed by atoms with E-state index in [2.05, 4.69) is 15.5 Å². The highest BCUT2D eigenvalue weighted by molar-refractivity contribution is 5.96. The standard InChI is InChI=1S/C31H38FN3O4/c1-33-26-17-24(38-2)7-8-25(26)28-29(33)27(19-36)35(30(37)22-3-5-23(32)6-4-22)20-31(28)11-13-34(14-12-31)18-21-9-15-39-16-10-21/h3-8,17,21,27,36H,9-16,18-20H2,1-2H3/t27-/m0/s1. The van der Waals surface area contributed by atoms with Crippen LogP contribution in [0.2, 0.25) is 0 Å². The molecule has 8 heteroatoms. The highest BCUT2D eigenvalue weighted by atomic mass is 19.1. The van der Waals surface area contributed by atoms with Gasteiger partial charge in [0.1, 0.15) is 11.6 Å². The van der Waals surface area contributed by atoms with Gasteiger partial charge in [-0.1, -0.05) is 0 Å². The SMILES string of the molecule is COc1ccc2c3c(n(C)c2c1)[C@H](CO)N(C(=O)c1ccc(F)cc1)CC31CCN(CC2CCOCC2)CC1. The second-order valence-corrected chi connectivity index (χ2v) is 11.5. The Morgan fingerprint density at radius 1 is 1.13 bits per heavy atom. The summed E-state index contributed by atoms with van der Waals surface area (Å²) in [5.41, 5.74) is 3.48. The van der Waals surface area contributed by atoms with Crippen LogP contribution in [0, 0.1) is 11.7 Å². The smallest absolute Gasteiger partial charge is 0.254 e. The van der Waals surface area contributed by atoms with Crippen molar-refractivity contribution in [1.82, 2.24) is 14.4 Å². The molecule has 2 saturated heterocycles. The number of rotatable bonds is 5. The molecule has 1 spiro atoms. The first-order valence-electron chi connectivity index (χ1n) is 14.1. The third-order valence-electron chi connectivity index (χ3n) is 9.34. The van der Waals surface area contributed by atoms with Crippen LogP contribution >= 0.6 is 0 Å². The number of methoxy groups -OCH3 is 1. The van der Waals surface area contributed by atoms with Crippen molar-refractivity contribution in [2.75, 3.05) is 53.1 Å². The summed E-state index contributed by atoms with van der Waals surface area (Å²) in [7, 11) is 3.68. The lowest BCUT2D eigenvalue weighted by Crippen LogP contribution is -2.56. The minimum Gasteiger partial charge on any atom is -0.497 e. The highest BCUT2D eigenvalue weighted by Crippen LogP contribution is 2.50. The quantitative estimate of drug-likeness (QED) is 0.529. The molecule has 1 N–H and O–H groups in total. The van der Waals surface area contributed by atoms with E-state index >= 15 is 0 Å². The second kappa shape index (κ2) is 10.6.